The summed E-state index contributed by atoms with van der Waals surface area (Å²) in [6.07, 6.45) is 0.991. The molecule has 2 N–H and O–H groups in total. The number of hydrogen-bond donors (Lipinski definition) is 2. The zero-order valence-electron chi connectivity index (χ0n) is 15.0. The lowest BCUT2D eigenvalue weighted by molar-refractivity contribution is -0.908. The highest BCUT2D eigenvalue weighted by Gasteiger charge is 2.13. The summed E-state index contributed by atoms with van der Waals surface area (Å²) in [5.41, 5.74) is 3.73. The van der Waals surface area contributed by atoms with Gasteiger partial charge in [-0.1, -0.05) is 0 Å². The Kier molecular flexibility index (Phi) is 5.83. The number of ether oxygens (including phenoxy) is 1. The fraction of sp³-hybridized carbons (Fsp3) is 0.474. The van der Waals surface area contributed by atoms with Gasteiger partial charge in [0, 0.05) is 24.2 Å². The summed E-state index contributed by atoms with van der Waals surface area (Å²) in [6.45, 7) is 9.64. The quantitative estimate of drug-likeness (QED) is 0.752. The molecule has 0 saturated carbocycles. The molecule has 0 aliphatic carbocycles. The second-order valence-corrected chi connectivity index (χ2v) is 6.61. The summed E-state index contributed by atoms with van der Waals surface area (Å²) in [7, 11) is 0. The van der Waals surface area contributed by atoms with Crippen LogP contribution >= 0.6 is 0 Å². The maximum Gasteiger partial charge on any atom is 0.251 e. The van der Waals surface area contributed by atoms with E-state index in [1.165, 1.54) is 0 Å². The first-order valence-corrected chi connectivity index (χ1v) is 8.97. The molecule has 25 heavy (non-hydrogen) atoms. The third-order valence-electron chi connectivity index (χ3n) is 4.58. The monoisotopic (exact) mass is 343 g/mol. The van der Waals surface area contributed by atoms with Crippen LogP contribution in [0.4, 0.5) is 0 Å². The van der Waals surface area contributed by atoms with E-state index in [4.69, 9.17) is 4.74 Å². The molecule has 0 unspecified atom stereocenters. The second-order valence-electron chi connectivity index (χ2n) is 6.61. The van der Waals surface area contributed by atoms with Crippen molar-refractivity contribution in [2.24, 2.45) is 0 Å². The smallest absolute Gasteiger partial charge is 0.251 e. The van der Waals surface area contributed by atoms with Gasteiger partial charge in [-0.3, -0.25) is 4.79 Å². The minimum absolute atomic E-state index is 0.0168. The summed E-state index contributed by atoms with van der Waals surface area (Å²) in [4.78, 5) is 13.8. The lowest BCUT2D eigenvalue weighted by Gasteiger charge is -2.23. The van der Waals surface area contributed by atoms with E-state index in [1.54, 1.807) is 4.90 Å². The van der Waals surface area contributed by atoms with Crippen LogP contribution in [0.5, 0.6) is 0 Å². The van der Waals surface area contributed by atoms with Gasteiger partial charge in [0.1, 0.15) is 13.1 Å². The van der Waals surface area contributed by atoms with Crippen molar-refractivity contribution in [1.82, 2.24) is 15.1 Å². The van der Waals surface area contributed by atoms with E-state index in [9.17, 15) is 4.79 Å². The Morgan fingerprint density at radius 3 is 2.60 bits per heavy atom. The van der Waals surface area contributed by atoms with Crippen molar-refractivity contribution >= 4 is 5.91 Å². The summed E-state index contributed by atoms with van der Waals surface area (Å²) >= 11 is 0. The maximum atomic E-state index is 12.3. The number of benzene rings is 1. The topological polar surface area (TPSA) is 60.6 Å². The van der Waals surface area contributed by atoms with Crippen LogP contribution in [0.2, 0.25) is 0 Å². The average molecular weight is 343 g/mol. The molecule has 1 aliphatic heterocycles. The average Bonchev–Trinajstić information content (AvgIpc) is 2.98. The zero-order valence-corrected chi connectivity index (χ0v) is 15.0. The first kappa shape index (κ1) is 17.6. The fourth-order valence-electron chi connectivity index (χ4n) is 3.20. The van der Waals surface area contributed by atoms with E-state index in [0.29, 0.717) is 12.1 Å². The number of aryl methyl sites for hydroxylation is 2. The van der Waals surface area contributed by atoms with Gasteiger partial charge in [0.15, 0.2) is 0 Å². The zero-order chi connectivity index (χ0) is 17.6. The van der Waals surface area contributed by atoms with Gasteiger partial charge in [0.2, 0.25) is 0 Å². The Labute approximate surface area is 148 Å². The van der Waals surface area contributed by atoms with Crippen LogP contribution in [-0.4, -0.2) is 55.1 Å². The van der Waals surface area contributed by atoms with Crippen molar-refractivity contribution in [3.8, 4) is 5.69 Å². The third kappa shape index (κ3) is 4.67. The first-order chi connectivity index (χ1) is 12.1. The van der Waals surface area contributed by atoms with Crippen LogP contribution in [0.1, 0.15) is 28.2 Å². The van der Waals surface area contributed by atoms with Crippen molar-refractivity contribution < 1.29 is 14.4 Å². The van der Waals surface area contributed by atoms with Crippen LogP contribution < -0.4 is 10.2 Å². The van der Waals surface area contributed by atoms with E-state index in [0.717, 1.165) is 56.3 Å². The molecule has 2 aromatic rings. The van der Waals surface area contributed by atoms with E-state index < -0.39 is 0 Å². The van der Waals surface area contributed by atoms with Gasteiger partial charge >= 0.3 is 0 Å². The van der Waals surface area contributed by atoms with Crippen LogP contribution in [0.25, 0.3) is 5.69 Å². The van der Waals surface area contributed by atoms with E-state index in [2.05, 4.69) is 10.4 Å². The summed E-state index contributed by atoms with van der Waals surface area (Å²) in [5.74, 6) is -0.0168. The molecule has 2 heterocycles. The number of aromatic nitrogens is 2. The Bertz CT molecular complexity index is 703. The fourth-order valence-corrected chi connectivity index (χ4v) is 3.20. The molecule has 0 radical (unpaired) electrons. The molecule has 1 fully saturated rings. The normalized spacial score (nSPS) is 15.3. The van der Waals surface area contributed by atoms with Gasteiger partial charge in [-0.15, -0.1) is 0 Å². The molecule has 134 valence electrons. The van der Waals surface area contributed by atoms with E-state index >= 15 is 0 Å². The predicted molar refractivity (Wildman–Crippen MR) is 96.4 cm³/mol. The van der Waals surface area contributed by atoms with E-state index in [-0.39, 0.29) is 5.91 Å². The van der Waals surface area contributed by atoms with Gasteiger partial charge in [0.05, 0.1) is 31.1 Å². The van der Waals surface area contributed by atoms with Crippen molar-refractivity contribution in [1.29, 1.82) is 0 Å². The number of nitrogens with one attached hydrogen (secondary N) is 2. The highest BCUT2D eigenvalue weighted by Crippen LogP contribution is 2.13. The molecule has 0 spiro atoms. The molecule has 6 heteroatoms. The second kappa shape index (κ2) is 8.27. The Morgan fingerprint density at radius 2 is 1.96 bits per heavy atom. The maximum absolute atomic E-state index is 12.3. The highest BCUT2D eigenvalue weighted by molar-refractivity contribution is 5.94. The van der Waals surface area contributed by atoms with Gasteiger partial charge in [-0.25, -0.2) is 4.68 Å². The Morgan fingerprint density at radius 1 is 1.24 bits per heavy atom. The van der Waals surface area contributed by atoms with Gasteiger partial charge < -0.3 is 15.0 Å². The molecule has 1 aromatic carbocycles. The standard InChI is InChI=1S/C19H26N4O2/c1-15-14-16(2)23(21-15)18-6-4-17(5-7-18)19(24)20-8-3-9-22-10-12-25-13-11-22/h4-7,14H,3,8-13H2,1-2H3,(H,20,24)/p+1. The molecular weight excluding hydrogens is 316 g/mol. The number of rotatable bonds is 6. The van der Waals surface area contributed by atoms with Crippen molar-refractivity contribution in [2.45, 2.75) is 20.3 Å². The van der Waals surface area contributed by atoms with Crippen molar-refractivity contribution in [2.75, 3.05) is 39.4 Å². The van der Waals surface area contributed by atoms with Gasteiger partial charge in [0.25, 0.3) is 5.91 Å². The predicted octanol–water partition coefficient (Wildman–Crippen LogP) is 0.524. The number of amides is 1. The van der Waals surface area contributed by atoms with Gasteiger partial charge in [-0.05, 0) is 44.2 Å². The molecule has 3 rings (SSSR count). The lowest BCUT2D eigenvalue weighted by Crippen LogP contribution is -3.14. The minimum Gasteiger partial charge on any atom is -0.370 e. The molecule has 0 atom stereocenters. The molecule has 1 saturated heterocycles. The Balaban J connectivity index is 1.48. The summed E-state index contributed by atoms with van der Waals surface area (Å²) in [6, 6.07) is 9.62. The number of carbonyl (C=O) groups excluding carboxylic acids is 1. The largest absolute Gasteiger partial charge is 0.370 e. The SMILES string of the molecule is Cc1cc(C)n(-c2ccc(C(=O)NCCC[NH+]3CCOCC3)cc2)n1. The molecule has 1 amide bonds. The molecule has 1 aliphatic rings. The third-order valence-corrected chi connectivity index (χ3v) is 4.58. The lowest BCUT2D eigenvalue weighted by atomic mass is 10.2. The van der Waals surface area contributed by atoms with Crippen LogP contribution in [-0.2, 0) is 4.74 Å². The molecule has 6 nitrogen and oxygen atoms in total. The minimum atomic E-state index is -0.0168. The number of quaternary nitrogens is 1. The first-order valence-electron chi connectivity index (χ1n) is 8.97. The number of carbonyl (C=O) groups is 1. The summed E-state index contributed by atoms with van der Waals surface area (Å²) < 4.78 is 7.25. The van der Waals surface area contributed by atoms with E-state index in [1.807, 2.05) is 48.9 Å². The van der Waals surface area contributed by atoms with Crippen LogP contribution in [0.3, 0.4) is 0 Å². The van der Waals surface area contributed by atoms with Crippen molar-refractivity contribution in [3.05, 3.63) is 47.3 Å². The molecule has 1 aromatic heterocycles. The Hall–Kier alpha value is -2.18. The molecular formula is C19H27N4O2+. The van der Waals surface area contributed by atoms with Crippen LogP contribution in [0.15, 0.2) is 30.3 Å². The van der Waals surface area contributed by atoms with Gasteiger partial charge in [-0.2, -0.15) is 5.10 Å². The highest BCUT2D eigenvalue weighted by atomic mass is 16.5. The van der Waals surface area contributed by atoms with Crippen molar-refractivity contribution in [3.63, 3.8) is 0 Å². The number of hydrogen-bond acceptors (Lipinski definition) is 3. The summed E-state index contributed by atoms with van der Waals surface area (Å²) in [5, 5.41) is 7.47. The van der Waals surface area contributed by atoms with Crippen LogP contribution in [0, 0.1) is 13.8 Å². The number of morpholine rings is 1. The number of nitrogens with zero attached hydrogens (tertiary/aromatic N) is 2. The molecule has 0 bridgehead atoms.